The van der Waals surface area contributed by atoms with Gasteiger partial charge >= 0.3 is 0 Å². The van der Waals surface area contributed by atoms with E-state index >= 15 is 0 Å². The number of aryl methyl sites for hydroxylation is 1. The van der Waals surface area contributed by atoms with E-state index in [1.807, 2.05) is 19.1 Å². The third-order valence-electron chi connectivity index (χ3n) is 3.85. The highest BCUT2D eigenvalue weighted by atomic mass is 16.2. The number of carbonyl (C=O) groups is 3. The summed E-state index contributed by atoms with van der Waals surface area (Å²) in [7, 11) is 0. The molecule has 1 unspecified atom stereocenters. The molecule has 1 amide bonds. The van der Waals surface area contributed by atoms with Gasteiger partial charge in [0, 0.05) is 18.5 Å². The first-order valence-electron chi connectivity index (χ1n) is 8.22. The van der Waals surface area contributed by atoms with Crippen molar-refractivity contribution >= 4 is 17.5 Å². The molecule has 1 aromatic carbocycles. The zero-order valence-corrected chi connectivity index (χ0v) is 14.8. The molecule has 1 aliphatic rings. The third kappa shape index (κ3) is 4.75. The first kappa shape index (κ1) is 19.1. The lowest BCUT2D eigenvalue weighted by Gasteiger charge is -2.25. The summed E-state index contributed by atoms with van der Waals surface area (Å²) in [6.07, 6.45) is 1.98. The van der Waals surface area contributed by atoms with Crippen molar-refractivity contribution in [3.63, 3.8) is 0 Å². The van der Waals surface area contributed by atoms with Gasteiger partial charge < -0.3 is 9.69 Å². The summed E-state index contributed by atoms with van der Waals surface area (Å²) in [4.78, 5) is 37.0. The van der Waals surface area contributed by atoms with E-state index in [4.69, 9.17) is 0 Å². The molecule has 0 radical (unpaired) electrons. The molecule has 0 N–H and O–H groups in total. The Morgan fingerprint density at radius 2 is 1.83 bits per heavy atom. The Morgan fingerprint density at radius 3 is 2.30 bits per heavy atom. The molecule has 0 bridgehead atoms. The molecular formula is C19H27NO3. The molecule has 0 saturated heterocycles. The Morgan fingerprint density at radius 1 is 1.22 bits per heavy atom. The van der Waals surface area contributed by atoms with Crippen LogP contribution in [0, 0.1) is 6.92 Å². The van der Waals surface area contributed by atoms with Crippen LogP contribution in [-0.4, -0.2) is 28.4 Å². The Kier molecular flexibility index (Phi) is 7.14. The van der Waals surface area contributed by atoms with Gasteiger partial charge in [0.1, 0.15) is 5.78 Å². The maximum absolute atomic E-state index is 12.4. The summed E-state index contributed by atoms with van der Waals surface area (Å²) in [5.41, 5.74) is 2.73. The van der Waals surface area contributed by atoms with Gasteiger partial charge in [0.15, 0.2) is 5.78 Å². The Hall–Kier alpha value is -1.97. The van der Waals surface area contributed by atoms with Gasteiger partial charge in [-0.3, -0.25) is 9.59 Å². The van der Waals surface area contributed by atoms with E-state index in [1.165, 1.54) is 20.3 Å². The van der Waals surface area contributed by atoms with Gasteiger partial charge in [-0.25, -0.2) is 0 Å². The van der Waals surface area contributed by atoms with E-state index in [0.29, 0.717) is 24.9 Å². The van der Waals surface area contributed by atoms with Crippen LogP contribution in [0.25, 0.3) is 0 Å². The Bertz CT molecular complexity index is 592. The van der Waals surface area contributed by atoms with Gasteiger partial charge in [0.2, 0.25) is 0 Å². The minimum absolute atomic E-state index is 0.0385. The number of benzene rings is 1. The fourth-order valence-corrected chi connectivity index (χ4v) is 2.68. The molecule has 1 aliphatic heterocycles. The molecule has 4 heteroatoms. The average molecular weight is 317 g/mol. The standard InChI is InChI=1S/C16H19NO3.C3H8/c1-10-5-4-6-13-14(10)9-17(16(13)20)15(12(3)19)8-7-11(2)18;1-3-2/h4-6,15H,7-9H2,1-3H3;3H2,1-2H3. The molecule has 4 nitrogen and oxygen atoms in total. The van der Waals surface area contributed by atoms with Gasteiger partial charge in [-0.2, -0.15) is 0 Å². The number of amides is 1. The molecule has 0 fully saturated rings. The van der Waals surface area contributed by atoms with E-state index < -0.39 is 6.04 Å². The molecular weight excluding hydrogens is 290 g/mol. The molecule has 1 aromatic rings. The van der Waals surface area contributed by atoms with Gasteiger partial charge in [-0.05, 0) is 44.4 Å². The van der Waals surface area contributed by atoms with E-state index in [0.717, 1.165) is 11.1 Å². The zero-order valence-electron chi connectivity index (χ0n) is 14.8. The molecule has 1 heterocycles. The number of carbonyl (C=O) groups excluding carboxylic acids is 3. The second-order valence-corrected chi connectivity index (χ2v) is 6.11. The van der Waals surface area contributed by atoms with Gasteiger partial charge in [0.25, 0.3) is 5.91 Å². The second-order valence-electron chi connectivity index (χ2n) is 6.11. The van der Waals surface area contributed by atoms with Gasteiger partial charge in [-0.1, -0.05) is 32.4 Å². The van der Waals surface area contributed by atoms with Crippen LogP contribution in [0.4, 0.5) is 0 Å². The van der Waals surface area contributed by atoms with Crippen molar-refractivity contribution in [3.05, 3.63) is 34.9 Å². The number of fused-ring (bicyclic) bond motifs is 1. The van der Waals surface area contributed by atoms with Crippen LogP contribution in [0.3, 0.4) is 0 Å². The van der Waals surface area contributed by atoms with Gasteiger partial charge in [0.05, 0.1) is 6.04 Å². The van der Waals surface area contributed by atoms with E-state index in [2.05, 4.69) is 13.8 Å². The van der Waals surface area contributed by atoms with Crippen LogP contribution < -0.4 is 0 Å². The summed E-state index contributed by atoms with van der Waals surface area (Å²) < 4.78 is 0. The molecule has 1 atom stereocenters. The summed E-state index contributed by atoms with van der Waals surface area (Å²) in [6, 6.07) is 5.12. The van der Waals surface area contributed by atoms with Crippen LogP contribution in [0.2, 0.25) is 0 Å². The molecule has 0 aromatic heterocycles. The first-order chi connectivity index (χ1) is 10.8. The van der Waals surface area contributed by atoms with Crippen LogP contribution >= 0.6 is 0 Å². The predicted octanol–water partition coefficient (Wildman–Crippen LogP) is 3.69. The van der Waals surface area contributed by atoms with Crippen molar-refractivity contribution in [1.29, 1.82) is 0 Å². The molecule has 23 heavy (non-hydrogen) atoms. The molecule has 2 rings (SSSR count). The van der Waals surface area contributed by atoms with Crippen molar-refractivity contribution in [3.8, 4) is 0 Å². The number of ketones is 2. The lowest BCUT2D eigenvalue weighted by atomic mass is 10.0. The highest BCUT2D eigenvalue weighted by molar-refractivity contribution is 6.01. The number of Topliss-reactive ketones (excluding diaryl/α,β-unsaturated/α-hetero) is 2. The molecule has 0 saturated carbocycles. The largest absolute Gasteiger partial charge is 0.324 e. The summed E-state index contributed by atoms with van der Waals surface area (Å²) in [5, 5.41) is 0. The molecule has 0 aliphatic carbocycles. The SMILES string of the molecule is CC(=O)CCC(C(C)=O)N1Cc2c(C)cccc2C1=O.CCC. The topological polar surface area (TPSA) is 54.5 Å². The quantitative estimate of drug-likeness (QED) is 0.832. The fraction of sp³-hybridized carbons (Fsp3) is 0.526. The highest BCUT2D eigenvalue weighted by Gasteiger charge is 2.35. The van der Waals surface area contributed by atoms with Crippen molar-refractivity contribution in [1.82, 2.24) is 4.90 Å². The third-order valence-corrected chi connectivity index (χ3v) is 3.85. The van der Waals surface area contributed by atoms with Crippen molar-refractivity contribution in [2.75, 3.05) is 0 Å². The first-order valence-corrected chi connectivity index (χ1v) is 8.22. The monoisotopic (exact) mass is 317 g/mol. The predicted molar refractivity (Wildman–Crippen MR) is 91.4 cm³/mol. The highest BCUT2D eigenvalue weighted by Crippen LogP contribution is 2.28. The van der Waals surface area contributed by atoms with E-state index in [-0.39, 0.29) is 17.5 Å². The Balaban J connectivity index is 0.000000816. The maximum Gasteiger partial charge on any atom is 0.255 e. The lowest BCUT2D eigenvalue weighted by molar-refractivity contribution is -0.122. The van der Waals surface area contributed by atoms with Crippen LogP contribution in [0.5, 0.6) is 0 Å². The number of hydrogen-bond donors (Lipinski definition) is 0. The van der Waals surface area contributed by atoms with E-state index in [1.54, 1.807) is 11.0 Å². The fourth-order valence-electron chi connectivity index (χ4n) is 2.68. The van der Waals surface area contributed by atoms with Crippen molar-refractivity contribution in [2.45, 2.75) is 66.5 Å². The number of nitrogens with zero attached hydrogens (tertiary/aromatic N) is 1. The second kappa shape index (κ2) is 8.61. The average Bonchev–Trinajstić information content (AvgIpc) is 2.79. The Labute approximate surface area is 138 Å². The smallest absolute Gasteiger partial charge is 0.255 e. The lowest BCUT2D eigenvalue weighted by Crippen LogP contribution is -2.40. The summed E-state index contributed by atoms with van der Waals surface area (Å²) in [6.45, 7) is 9.66. The summed E-state index contributed by atoms with van der Waals surface area (Å²) >= 11 is 0. The normalized spacial score (nSPS) is 14.0. The van der Waals surface area contributed by atoms with Crippen molar-refractivity contribution in [2.24, 2.45) is 0 Å². The maximum atomic E-state index is 12.4. The van der Waals surface area contributed by atoms with Crippen LogP contribution in [0.15, 0.2) is 18.2 Å². The summed E-state index contributed by atoms with van der Waals surface area (Å²) in [5.74, 6) is -0.130. The minimum Gasteiger partial charge on any atom is -0.324 e. The zero-order chi connectivity index (χ0) is 17.6. The molecule has 0 spiro atoms. The van der Waals surface area contributed by atoms with Crippen LogP contribution in [-0.2, 0) is 16.1 Å². The minimum atomic E-state index is -0.502. The van der Waals surface area contributed by atoms with Crippen molar-refractivity contribution < 1.29 is 14.4 Å². The number of hydrogen-bond acceptors (Lipinski definition) is 3. The van der Waals surface area contributed by atoms with Crippen LogP contribution in [0.1, 0.15) is 68.4 Å². The molecule has 126 valence electrons. The van der Waals surface area contributed by atoms with E-state index in [9.17, 15) is 14.4 Å². The number of rotatable bonds is 5. The van der Waals surface area contributed by atoms with Gasteiger partial charge in [-0.15, -0.1) is 0 Å².